The van der Waals surface area contributed by atoms with Gasteiger partial charge in [0.05, 0.1) is 10.5 Å². The summed E-state index contributed by atoms with van der Waals surface area (Å²) >= 11 is 0. The van der Waals surface area contributed by atoms with Gasteiger partial charge in [-0.2, -0.15) is 0 Å². The summed E-state index contributed by atoms with van der Waals surface area (Å²) in [4.78, 5) is 21.0. The molecule has 6 nitrogen and oxygen atoms in total. The second-order valence-electron chi connectivity index (χ2n) is 4.26. The van der Waals surface area contributed by atoms with Gasteiger partial charge >= 0.3 is 11.7 Å². The zero-order chi connectivity index (χ0) is 15.6. The van der Waals surface area contributed by atoms with Crippen molar-refractivity contribution in [2.75, 3.05) is 0 Å². The maximum Gasteiger partial charge on any atom is 0.335 e. The smallest absolute Gasteiger partial charge is 0.335 e. The quantitative estimate of drug-likeness (QED) is 0.687. The molecule has 0 bridgehead atoms. The Bertz CT molecular complexity index is 729. The van der Waals surface area contributed by atoms with E-state index in [4.69, 9.17) is 9.84 Å². The number of hydrogen-bond donors (Lipinski definition) is 1. The van der Waals surface area contributed by atoms with E-state index in [1.54, 1.807) is 6.92 Å². The first-order valence-corrected chi connectivity index (χ1v) is 5.84. The molecular formula is C14H10FNO5. The topological polar surface area (TPSA) is 89.7 Å². The highest BCUT2D eigenvalue weighted by Crippen LogP contribution is 2.32. The number of nitrogens with zero attached hydrogens (tertiary/aromatic N) is 1. The molecule has 0 atom stereocenters. The van der Waals surface area contributed by atoms with Gasteiger partial charge in [-0.15, -0.1) is 0 Å². The number of nitro groups is 1. The monoisotopic (exact) mass is 291 g/mol. The van der Waals surface area contributed by atoms with Crippen LogP contribution in [0.1, 0.15) is 15.9 Å². The van der Waals surface area contributed by atoms with E-state index in [0.29, 0.717) is 5.56 Å². The van der Waals surface area contributed by atoms with Crippen molar-refractivity contribution in [3.63, 3.8) is 0 Å². The van der Waals surface area contributed by atoms with Gasteiger partial charge in [0.25, 0.3) is 0 Å². The molecule has 108 valence electrons. The van der Waals surface area contributed by atoms with Crippen LogP contribution in [0.2, 0.25) is 0 Å². The summed E-state index contributed by atoms with van der Waals surface area (Å²) in [7, 11) is 0. The van der Waals surface area contributed by atoms with Crippen LogP contribution in [0.25, 0.3) is 0 Å². The number of carbonyl (C=O) groups is 1. The molecule has 1 N–H and O–H groups in total. The van der Waals surface area contributed by atoms with E-state index >= 15 is 0 Å². The predicted molar refractivity (Wildman–Crippen MR) is 71.3 cm³/mol. The van der Waals surface area contributed by atoms with Crippen LogP contribution in [0.3, 0.4) is 0 Å². The lowest BCUT2D eigenvalue weighted by atomic mass is 10.2. The van der Waals surface area contributed by atoms with Gasteiger partial charge < -0.3 is 9.84 Å². The minimum absolute atomic E-state index is 0.0873. The molecule has 2 rings (SSSR count). The molecule has 0 radical (unpaired) electrons. The molecule has 0 fully saturated rings. The number of benzene rings is 2. The molecule has 21 heavy (non-hydrogen) atoms. The zero-order valence-electron chi connectivity index (χ0n) is 10.9. The van der Waals surface area contributed by atoms with E-state index in [0.717, 1.165) is 12.1 Å². The highest BCUT2D eigenvalue weighted by molar-refractivity contribution is 5.88. The Labute approximate surface area is 118 Å². The third-order valence-corrected chi connectivity index (χ3v) is 2.77. The third kappa shape index (κ3) is 3.14. The lowest BCUT2D eigenvalue weighted by molar-refractivity contribution is -0.385. The maximum absolute atomic E-state index is 13.4. The van der Waals surface area contributed by atoms with Crippen LogP contribution >= 0.6 is 0 Å². The molecular weight excluding hydrogens is 281 g/mol. The van der Waals surface area contributed by atoms with Crippen LogP contribution in [0.4, 0.5) is 10.1 Å². The number of aryl methyl sites for hydroxylation is 1. The summed E-state index contributed by atoms with van der Waals surface area (Å²) in [6.07, 6.45) is 0. The standard InChI is InChI=1S/C14H10FNO5/c1-8-2-4-10(7-11(8)15)21-13-5-3-9(14(17)18)6-12(13)16(19)20/h2-7H,1H3,(H,17,18). The van der Waals surface area contributed by atoms with Crippen molar-refractivity contribution in [1.82, 2.24) is 0 Å². The number of carboxylic acids is 1. The molecule has 2 aromatic rings. The Morgan fingerprint density at radius 3 is 2.57 bits per heavy atom. The van der Waals surface area contributed by atoms with Crippen molar-refractivity contribution in [2.24, 2.45) is 0 Å². The summed E-state index contributed by atoms with van der Waals surface area (Å²) in [6, 6.07) is 7.27. The maximum atomic E-state index is 13.4. The van der Waals surface area contributed by atoms with Crippen molar-refractivity contribution in [1.29, 1.82) is 0 Å². The molecule has 0 unspecified atom stereocenters. The molecule has 0 aliphatic rings. The van der Waals surface area contributed by atoms with Gasteiger partial charge in [0.15, 0.2) is 0 Å². The molecule has 0 aliphatic heterocycles. The molecule has 0 aromatic heterocycles. The molecule has 0 saturated heterocycles. The van der Waals surface area contributed by atoms with E-state index in [1.165, 1.54) is 24.3 Å². The van der Waals surface area contributed by atoms with Gasteiger partial charge in [-0.1, -0.05) is 6.07 Å². The fourth-order valence-corrected chi connectivity index (χ4v) is 1.64. The van der Waals surface area contributed by atoms with E-state index in [1.807, 2.05) is 0 Å². The summed E-state index contributed by atoms with van der Waals surface area (Å²) in [6.45, 7) is 1.57. The molecule has 0 saturated carbocycles. The second kappa shape index (κ2) is 5.58. The Kier molecular flexibility index (Phi) is 3.84. The summed E-state index contributed by atoms with van der Waals surface area (Å²) in [5.41, 5.74) is -0.321. The van der Waals surface area contributed by atoms with Crippen molar-refractivity contribution in [3.8, 4) is 11.5 Å². The van der Waals surface area contributed by atoms with Gasteiger partial charge in [-0.3, -0.25) is 10.1 Å². The Balaban J connectivity index is 2.41. The van der Waals surface area contributed by atoms with Crippen LogP contribution < -0.4 is 4.74 Å². The first-order chi connectivity index (χ1) is 9.88. The number of aromatic carboxylic acids is 1. The van der Waals surface area contributed by atoms with Crippen molar-refractivity contribution < 1.29 is 24.0 Å². The first kappa shape index (κ1) is 14.4. The average Bonchev–Trinajstić information content (AvgIpc) is 2.43. The zero-order valence-corrected chi connectivity index (χ0v) is 10.9. The predicted octanol–water partition coefficient (Wildman–Crippen LogP) is 3.53. The summed E-state index contributed by atoms with van der Waals surface area (Å²) in [5, 5.41) is 19.8. The van der Waals surface area contributed by atoms with Gasteiger partial charge in [-0.25, -0.2) is 9.18 Å². The first-order valence-electron chi connectivity index (χ1n) is 5.84. The number of halogens is 1. The largest absolute Gasteiger partial charge is 0.478 e. The SMILES string of the molecule is Cc1ccc(Oc2ccc(C(=O)O)cc2[N+](=O)[O-])cc1F. The van der Waals surface area contributed by atoms with Gasteiger partial charge in [-0.05, 0) is 30.7 Å². The Hall–Kier alpha value is -2.96. The third-order valence-electron chi connectivity index (χ3n) is 2.77. The van der Waals surface area contributed by atoms with E-state index in [-0.39, 0.29) is 17.1 Å². The van der Waals surface area contributed by atoms with Crippen LogP contribution in [0.15, 0.2) is 36.4 Å². The van der Waals surface area contributed by atoms with Crippen LogP contribution in [0.5, 0.6) is 11.5 Å². The van der Waals surface area contributed by atoms with E-state index in [9.17, 15) is 19.3 Å². The number of carboxylic acid groups (broad SMARTS) is 1. The van der Waals surface area contributed by atoms with Crippen LogP contribution in [-0.4, -0.2) is 16.0 Å². The Morgan fingerprint density at radius 2 is 2.00 bits per heavy atom. The number of hydrogen-bond acceptors (Lipinski definition) is 4. The van der Waals surface area contributed by atoms with Gasteiger partial charge in [0.1, 0.15) is 11.6 Å². The average molecular weight is 291 g/mol. The minimum Gasteiger partial charge on any atom is -0.478 e. The summed E-state index contributed by atoms with van der Waals surface area (Å²) < 4.78 is 18.7. The lowest BCUT2D eigenvalue weighted by Crippen LogP contribution is -2.00. The van der Waals surface area contributed by atoms with E-state index in [2.05, 4.69) is 0 Å². The Morgan fingerprint density at radius 1 is 1.29 bits per heavy atom. The second-order valence-corrected chi connectivity index (χ2v) is 4.26. The normalized spacial score (nSPS) is 10.2. The van der Waals surface area contributed by atoms with Crippen LogP contribution in [0, 0.1) is 22.9 Å². The molecule has 7 heteroatoms. The van der Waals surface area contributed by atoms with Crippen molar-refractivity contribution in [3.05, 3.63) is 63.5 Å². The van der Waals surface area contributed by atoms with Gasteiger partial charge in [0.2, 0.25) is 5.75 Å². The molecule has 2 aromatic carbocycles. The molecule has 0 aliphatic carbocycles. The fourth-order valence-electron chi connectivity index (χ4n) is 1.64. The van der Waals surface area contributed by atoms with Crippen LogP contribution in [-0.2, 0) is 0 Å². The lowest BCUT2D eigenvalue weighted by Gasteiger charge is -2.07. The molecule has 0 heterocycles. The van der Waals surface area contributed by atoms with Gasteiger partial charge in [0, 0.05) is 12.1 Å². The van der Waals surface area contributed by atoms with E-state index < -0.39 is 22.4 Å². The molecule has 0 spiro atoms. The number of nitro benzene ring substituents is 1. The fraction of sp³-hybridized carbons (Fsp3) is 0.0714. The van der Waals surface area contributed by atoms with Crippen molar-refractivity contribution >= 4 is 11.7 Å². The highest BCUT2D eigenvalue weighted by atomic mass is 19.1. The number of ether oxygens (including phenoxy) is 1. The number of rotatable bonds is 4. The summed E-state index contributed by atoms with van der Waals surface area (Å²) in [5.74, 6) is -1.86. The molecule has 0 amide bonds. The highest BCUT2D eigenvalue weighted by Gasteiger charge is 2.19. The van der Waals surface area contributed by atoms with Crippen molar-refractivity contribution in [2.45, 2.75) is 6.92 Å². The minimum atomic E-state index is -1.29.